The fraction of sp³-hybridized carbons (Fsp3) is 0.118. The second kappa shape index (κ2) is 5.32. The maximum Gasteiger partial charge on any atom is 0.142 e. The van der Waals surface area contributed by atoms with Crippen LogP contribution in [0.25, 0.3) is 10.8 Å². The molecule has 1 aromatic heterocycles. The first kappa shape index (κ1) is 13.2. The Hall–Kier alpha value is -2.75. The van der Waals surface area contributed by atoms with Gasteiger partial charge in [0.2, 0.25) is 0 Å². The topological polar surface area (TPSA) is 60.2 Å². The molecular weight excluding hydrogens is 262 g/mol. The van der Waals surface area contributed by atoms with Gasteiger partial charge < -0.3 is 15.8 Å². The fourth-order valence-electron chi connectivity index (χ4n) is 2.39. The molecule has 4 nitrogen and oxygen atoms in total. The van der Waals surface area contributed by atoms with Crippen molar-refractivity contribution in [2.75, 3.05) is 18.2 Å². The van der Waals surface area contributed by atoms with E-state index in [0.717, 1.165) is 39.1 Å². The summed E-state index contributed by atoms with van der Waals surface area (Å²) >= 11 is 0. The quantitative estimate of drug-likeness (QED) is 0.714. The molecule has 4 heteroatoms. The second-order valence-corrected chi connectivity index (χ2v) is 4.95. The number of nitrogen functional groups attached to an aromatic ring is 1. The number of aromatic nitrogens is 1. The minimum absolute atomic E-state index is 0.745. The van der Waals surface area contributed by atoms with Crippen LogP contribution in [0.3, 0.4) is 0 Å². The summed E-state index contributed by atoms with van der Waals surface area (Å²) in [5, 5.41) is 5.39. The first-order valence-electron chi connectivity index (χ1n) is 6.73. The number of benzene rings is 2. The van der Waals surface area contributed by atoms with Gasteiger partial charge in [-0.1, -0.05) is 6.07 Å². The Morgan fingerprint density at radius 2 is 1.90 bits per heavy atom. The van der Waals surface area contributed by atoms with Crippen LogP contribution < -0.4 is 15.8 Å². The summed E-state index contributed by atoms with van der Waals surface area (Å²) in [6.45, 7) is 2.05. The monoisotopic (exact) mass is 279 g/mol. The molecule has 0 radical (unpaired) electrons. The number of fused-ring (bicyclic) bond motifs is 1. The number of hydrogen-bond donors (Lipinski definition) is 2. The van der Waals surface area contributed by atoms with Crippen molar-refractivity contribution in [3.05, 3.63) is 54.4 Å². The molecule has 3 rings (SSSR count). The second-order valence-electron chi connectivity index (χ2n) is 4.95. The molecule has 0 amide bonds. The molecule has 0 aliphatic heterocycles. The minimum Gasteiger partial charge on any atom is -0.495 e. The number of anilines is 3. The molecule has 0 atom stereocenters. The summed E-state index contributed by atoms with van der Waals surface area (Å²) in [5.41, 5.74) is 9.80. The van der Waals surface area contributed by atoms with E-state index in [2.05, 4.69) is 16.4 Å². The molecule has 0 saturated carbocycles. The number of aryl methyl sites for hydroxylation is 1. The van der Waals surface area contributed by atoms with Gasteiger partial charge in [-0.25, -0.2) is 0 Å². The van der Waals surface area contributed by atoms with Crippen LogP contribution in [0, 0.1) is 6.92 Å². The summed E-state index contributed by atoms with van der Waals surface area (Å²) in [6.07, 6.45) is 3.56. The van der Waals surface area contributed by atoms with Crippen LogP contribution in [0.2, 0.25) is 0 Å². The lowest BCUT2D eigenvalue weighted by atomic mass is 10.1. The first-order valence-corrected chi connectivity index (χ1v) is 6.73. The van der Waals surface area contributed by atoms with Crippen LogP contribution in [0.5, 0.6) is 5.75 Å². The van der Waals surface area contributed by atoms with E-state index in [1.54, 1.807) is 13.3 Å². The van der Waals surface area contributed by atoms with Crippen LogP contribution in [0.15, 0.2) is 48.8 Å². The van der Waals surface area contributed by atoms with Crippen molar-refractivity contribution < 1.29 is 4.74 Å². The number of hydrogen-bond acceptors (Lipinski definition) is 4. The largest absolute Gasteiger partial charge is 0.495 e. The third kappa shape index (κ3) is 2.48. The zero-order chi connectivity index (χ0) is 14.8. The van der Waals surface area contributed by atoms with Gasteiger partial charge in [0.1, 0.15) is 5.75 Å². The first-order chi connectivity index (χ1) is 10.2. The highest BCUT2D eigenvalue weighted by atomic mass is 16.5. The van der Waals surface area contributed by atoms with Crippen molar-refractivity contribution in [1.29, 1.82) is 0 Å². The lowest BCUT2D eigenvalue weighted by Gasteiger charge is -2.14. The van der Waals surface area contributed by atoms with Crippen LogP contribution in [-0.2, 0) is 0 Å². The zero-order valence-electron chi connectivity index (χ0n) is 12.1. The smallest absolute Gasteiger partial charge is 0.142 e. The number of ether oxygens (including phenoxy) is 1. The molecule has 0 aliphatic carbocycles. The van der Waals surface area contributed by atoms with E-state index in [9.17, 15) is 0 Å². The molecule has 1 heterocycles. The van der Waals surface area contributed by atoms with Crippen LogP contribution in [0.4, 0.5) is 17.1 Å². The van der Waals surface area contributed by atoms with Gasteiger partial charge >= 0.3 is 0 Å². The molecule has 0 bridgehead atoms. The van der Waals surface area contributed by atoms with Crippen LogP contribution in [0.1, 0.15) is 5.56 Å². The van der Waals surface area contributed by atoms with E-state index < -0.39 is 0 Å². The Labute approximate surface area is 123 Å². The van der Waals surface area contributed by atoms with E-state index in [1.807, 2.05) is 43.5 Å². The molecule has 106 valence electrons. The highest BCUT2D eigenvalue weighted by Crippen LogP contribution is 2.33. The molecule has 3 N–H and O–H groups in total. The Morgan fingerprint density at radius 1 is 1.05 bits per heavy atom. The number of pyridine rings is 1. The van der Waals surface area contributed by atoms with Crippen LogP contribution >= 0.6 is 0 Å². The average Bonchev–Trinajstić information content (AvgIpc) is 2.51. The normalized spacial score (nSPS) is 10.6. The van der Waals surface area contributed by atoms with Gasteiger partial charge in [-0.2, -0.15) is 0 Å². The van der Waals surface area contributed by atoms with Crippen molar-refractivity contribution in [2.45, 2.75) is 6.92 Å². The summed E-state index contributed by atoms with van der Waals surface area (Å²) in [6, 6.07) is 11.8. The highest BCUT2D eigenvalue weighted by molar-refractivity contribution is 6.01. The van der Waals surface area contributed by atoms with Crippen molar-refractivity contribution >= 4 is 27.8 Å². The van der Waals surface area contributed by atoms with Gasteiger partial charge in [-0.3, -0.25) is 4.98 Å². The molecule has 3 aromatic rings. The van der Waals surface area contributed by atoms with Gasteiger partial charge in [0.05, 0.1) is 12.8 Å². The molecular formula is C17H17N3O. The summed E-state index contributed by atoms with van der Waals surface area (Å²) in [7, 11) is 1.67. The number of nitrogens with two attached hydrogens (primary N) is 1. The summed E-state index contributed by atoms with van der Waals surface area (Å²) in [4.78, 5) is 4.19. The standard InChI is InChI=1S/C17H17N3O/c1-11-3-6-17(21-2)16(9-11)20-15-5-4-14(18)12-7-8-19-10-13(12)15/h3-10,20H,18H2,1-2H3. The Kier molecular flexibility index (Phi) is 3.36. The van der Waals surface area contributed by atoms with Gasteiger partial charge in [0.15, 0.2) is 0 Å². The Morgan fingerprint density at radius 3 is 2.71 bits per heavy atom. The molecule has 0 aliphatic rings. The van der Waals surface area contributed by atoms with E-state index in [1.165, 1.54) is 0 Å². The van der Waals surface area contributed by atoms with Gasteiger partial charge in [0, 0.05) is 34.5 Å². The lowest BCUT2D eigenvalue weighted by Crippen LogP contribution is -1.97. The van der Waals surface area contributed by atoms with Gasteiger partial charge in [0.25, 0.3) is 0 Å². The van der Waals surface area contributed by atoms with E-state index in [4.69, 9.17) is 10.5 Å². The van der Waals surface area contributed by atoms with E-state index in [-0.39, 0.29) is 0 Å². The van der Waals surface area contributed by atoms with Crippen molar-refractivity contribution in [1.82, 2.24) is 4.98 Å². The van der Waals surface area contributed by atoms with Crippen LogP contribution in [-0.4, -0.2) is 12.1 Å². The third-order valence-electron chi connectivity index (χ3n) is 3.48. The number of rotatable bonds is 3. The number of nitrogens with one attached hydrogen (secondary N) is 1. The van der Waals surface area contributed by atoms with E-state index >= 15 is 0 Å². The molecule has 0 unspecified atom stereocenters. The SMILES string of the molecule is COc1ccc(C)cc1Nc1ccc(N)c2ccncc12. The maximum absolute atomic E-state index is 6.02. The highest BCUT2D eigenvalue weighted by Gasteiger charge is 2.08. The molecule has 21 heavy (non-hydrogen) atoms. The fourth-order valence-corrected chi connectivity index (χ4v) is 2.39. The molecule has 2 aromatic carbocycles. The average molecular weight is 279 g/mol. The van der Waals surface area contributed by atoms with Crippen molar-refractivity contribution in [3.8, 4) is 5.75 Å². The Balaban J connectivity index is 2.11. The van der Waals surface area contributed by atoms with Crippen molar-refractivity contribution in [2.24, 2.45) is 0 Å². The predicted molar refractivity (Wildman–Crippen MR) is 87.2 cm³/mol. The van der Waals surface area contributed by atoms with Crippen molar-refractivity contribution in [3.63, 3.8) is 0 Å². The van der Waals surface area contributed by atoms with E-state index in [0.29, 0.717) is 0 Å². The van der Waals surface area contributed by atoms with Gasteiger partial charge in [-0.15, -0.1) is 0 Å². The third-order valence-corrected chi connectivity index (χ3v) is 3.48. The van der Waals surface area contributed by atoms with Gasteiger partial charge in [-0.05, 0) is 42.8 Å². The molecule has 0 spiro atoms. The minimum atomic E-state index is 0.745. The summed E-state index contributed by atoms with van der Waals surface area (Å²) < 4.78 is 5.41. The molecule has 0 fully saturated rings. The zero-order valence-corrected chi connectivity index (χ0v) is 12.1. The lowest BCUT2D eigenvalue weighted by molar-refractivity contribution is 0.416. The number of nitrogens with zero attached hydrogens (tertiary/aromatic N) is 1. The molecule has 0 saturated heterocycles. The maximum atomic E-state index is 6.02. The number of methoxy groups -OCH3 is 1. The predicted octanol–water partition coefficient (Wildman–Crippen LogP) is 3.88. The summed E-state index contributed by atoms with van der Waals surface area (Å²) in [5.74, 6) is 0.800. The Bertz CT molecular complexity index is 799.